The van der Waals surface area contributed by atoms with Gasteiger partial charge in [-0.1, -0.05) is 23.4 Å². The monoisotopic (exact) mass is 471 g/mol. The minimum Gasteiger partial charge on any atom is -0.497 e. The smallest absolute Gasteiger partial charge is 0.257 e. The Kier molecular flexibility index (Phi) is 6.37. The van der Waals surface area contributed by atoms with Gasteiger partial charge in [0, 0.05) is 50.0 Å². The molecule has 2 aromatic heterocycles. The van der Waals surface area contributed by atoms with Gasteiger partial charge in [-0.2, -0.15) is 5.10 Å². The van der Waals surface area contributed by atoms with E-state index in [2.05, 4.69) is 10.1 Å². The van der Waals surface area contributed by atoms with E-state index in [0.29, 0.717) is 24.3 Å². The van der Waals surface area contributed by atoms with Crippen LogP contribution < -0.4 is 4.74 Å². The maximum Gasteiger partial charge on any atom is 0.257 e. The minimum atomic E-state index is -0.00464. The molecule has 4 aromatic rings. The molecule has 8 heteroatoms. The third kappa shape index (κ3) is 4.70. The summed E-state index contributed by atoms with van der Waals surface area (Å²) in [4.78, 5) is 18.0. The van der Waals surface area contributed by atoms with Crippen molar-refractivity contribution in [2.45, 2.75) is 20.4 Å². The van der Waals surface area contributed by atoms with Gasteiger partial charge in [0.25, 0.3) is 5.91 Å². The molecule has 0 atom stereocenters. The molecule has 180 valence electrons. The van der Waals surface area contributed by atoms with E-state index in [0.717, 1.165) is 53.7 Å². The van der Waals surface area contributed by atoms with Crippen LogP contribution in [0.4, 0.5) is 0 Å². The lowest BCUT2D eigenvalue weighted by atomic mass is 10.1. The van der Waals surface area contributed by atoms with Gasteiger partial charge in [0.05, 0.1) is 24.1 Å². The van der Waals surface area contributed by atoms with Crippen LogP contribution in [0.1, 0.15) is 27.4 Å². The summed E-state index contributed by atoms with van der Waals surface area (Å²) in [6.45, 7) is 7.59. The molecule has 0 bridgehead atoms. The molecule has 0 aliphatic carbocycles. The van der Waals surface area contributed by atoms with Gasteiger partial charge >= 0.3 is 0 Å². The van der Waals surface area contributed by atoms with Crippen LogP contribution in [0.2, 0.25) is 0 Å². The topological polar surface area (TPSA) is 76.6 Å². The Bertz CT molecular complexity index is 1280. The number of hydrogen-bond donors (Lipinski definition) is 0. The van der Waals surface area contributed by atoms with Crippen molar-refractivity contribution in [3.05, 3.63) is 83.4 Å². The number of piperazine rings is 1. The zero-order valence-electron chi connectivity index (χ0n) is 20.3. The largest absolute Gasteiger partial charge is 0.497 e. The summed E-state index contributed by atoms with van der Waals surface area (Å²) in [5, 5.41) is 8.86. The third-order valence-corrected chi connectivity index (χ3v) is 6.55. The molecule has 3 heterocycles. The molecule has 0 saturated carbocycles. The molecule has 0 spiro atoms. The van der Waals surface area contributed by atoms with E-state index in [4.69, 9.17) is 14.4 Å². The lowest BCUT2D eigenvalue weighted by Gasteiger charge is -2.34. The lowest BCUT2D eigenvalue weighted by Crippen LogP contribution is -2.48. The zero-order chi connectivity index (χ0) is 24.4. The molecule has 1 aliphatic heterocycles. The Hall–Kier alpha value is -3.91. The first-order chi connectivity index (χ1) is 17.0. The number of nitrogens with zero attached hydrogens (tertiary/aromatic N) is 5. The molecular weight excluding hydrogens is 442 g/mol. The summed E-state index contributed by atoms with van der Waals surface area (Å²) < 4.78 is 12.4. The van der Waals surface area contributed by atoms with E-state index in [9.17, 15) is 4.79 Å². The second-order valence-corrected chi connectivity index (χ2v) is 8.77. The van der Waals surface area contributed by atoms with Gasteiger partial charge in [-0.25, -0.2) is 4.68 Å². The normalized spacial score (nSPS) is 14.3. The van der Waals surface area contributed by atoms with Gasteiger partial charge in [-0.3, -0.25) is 9.69 Å². The first-order valence-corrected chi connectivity index (χ1v) is 11.8. The van der Waals surface area contributed by atoms with Crippen LogP contribution >= 0.6 is 0 Å². The predicted molar refractivity (Wildman–Crippen MR) is 133 cm³/mol. The highest BCUT2D eigenvalue weighted by Crippen LogP contribution is 2.27. The molecule has 0 radical (unpaired) electrons. The van der Waals surface area contributed by atoms with E-state index >= 15 is 0 Å². The summed E-state index contributed by atoms with van der Waals surface area (Å²) >= 11 is 0. The van der Waals surface area contributed by atoms with Gasteiger partial charge in [0.1, 0.15) is 17.2 Å². The number of aryl methyl sites for hydroxylation is 2. The third-order valence-electron chi connectivity index (χ3n) is 6.55. The van der Waals surface area contributed by atoms with Gasteiger partial charge in [0.15, 0.2) is 0 Å². The Morgan fingerprint density at radius 1 is 1.00 bits per heavy atom. The van der Waals surface area contributed by atoms with Crippen LogP contribution in [0.5, 0.6) is 5.75 Å². The SMILES string of the molecule is COc1ccc(-c2nn(-c3ccccc3)cc2C(=O)N2CCN(Cc3c(C)noc3C)CC2)cc1. The van der Waals surface area contributed by atoms with Crippen LogP contribution in [0.3, 0.4) is 0 Å². The molecule has 8 nitrogen and oxygen atoms in total. The molecule has 1 amide bonds. The maximum absolute atomic E-state index is 13.7. The van der Waals surface area contributed by atoms with Crippen molar-refractivity contribution in [2.24, 2.45) is 0 Å². The van der Waals surface area contributed by atoms with Crippen LogP contribution in [-0.4, -0.2) is 63.9 Å². The molecule has 35 heavy (non-hydrogen) atoms. The number of carbonyl (C=O) groups excluding carboxylic acids is 1. The van der Waals surface area contributed by atoms with Crippen molar-refractivity contribution < 1.29 is 14.1 Å². The Morgan fingerprint density at radius 2 is 1.71 bits per heavy atom. The number of ether oxygens (including phenoxy) is 1. The quantitative estimate of drug-likeness (QED) is 0.421. The Balaban J connectivity index is 1.38. The van der Waals surface area contributed by atoms with Crippen molar-refractivity contribution in [1.29, 1.82) is 0 Å². The Morgan fingerprint density at radius 3 is 2.34 bits per heavy atom. The number of para-hydroxylation sites is 1. The van der Waals surface area contributed by atoms with E-state index in [1.165, 1.54) is 0 Å². The van der Waals surface area contributed by atoms with Gasteiger partial charge in [-0.05, 0) is 50.2 Å². The number of benzene rings is 2. The van der Waals surface area contributed by atoms with Crippen molar-refractivity contribution in [2.75, 3.05) is 33.3 Å². The van der Waals surface area contributed by atoms with Crippen molar-refractivity contribution in [1.82, 2.24) is 24.7 Å². The van der Waals surface area contributed by atoms with Crippen LogP contribution in [-0.2, 0) is 6.54 Å². The van der Waals surface area contributed by atoms with Crippen LogP contribution in [0.15, 0.2) is 65.3 Å². The van der Waals surface area contributed by atoms with Crippen molar-refractivity contribution >= 4 is 5.91 Å². The summed E-state index contributed by atoms with van der Waals surface area (Å²) in [5.74, 6) is 1.62. The van der Waals surface area contributed by atoms with E-state index in [-0.39, 0.29) is 5.91 Å². The minimum absolute atomic E-state index is 0.00464. The average molecular weight is 472 g/mol. The first-order valence-electron chi connectivity index (χ1n) is 11.8. The Labute approximate surface area is 204 Å². The van der Waals surface area contributed by atoms with Crippen molar-refractivity contribution in [3.8, 4) is 22.7 Å². The molecule has 1 fully saturated rings. The highest BCUT2D eigenvalue weighted by molar-refractivity contribution is 6.00. The number of hydrogen-bond acceptors (Lipinski definition) is 6. The maximum atomic E-state index is 13.7. The van der Waals surface area contributed by atoms with E-state index < -0.39 is 0 Å². The summed E-state index contributed by atoms with van der Waals surface area (Å²) in [6.07, 6.45) is 1.84. The molecule has 2 aromatic carbocycles. The summed E-state index contributed by atoms with van der Waals surface area (Å²) in [5.41, 5.74) is 5.11. The molecule has 5 rings (SSSR count). The molecule has 1 aliphatic rings. The number of aromatic nitrogens is 3. The molecule has 0 unspecified atom stereocenters. The predicted octanol–water partition coefficient (Wildman–Crippen LogP) is 4.11. The number of amides is 1. The fourth-order valence-corrected chi connectivity index (χ4v) is 4.44. The lowest BCUT2D eigenvalue weighted by molar-refractivity contribution is 0.0628. The number of rotatable bonds is 6. The second kappa shape index (κ2) is 9.76. The van der Waals surface area contributed by atoms with Gasteiger partial charge in [0.2, 0.25) is 0 Å². The van der Waals surface area contributed by atoms with Crippen molar-refractivity contribution in [3.63, 3.8) is 0 Å². The van der Waals surface area contributed by atoms with Crippen LogP contribution in [0.25, 0.3) is 16.9 Å². The highest BCUT2D eigenvalue weighted by atomic mass is 16.5. The van der Waals surface area contributed by atoms with Gasteiger partial charge < -0.3 is 14.2 Å². The summed E-state index contributed by atoms with van der Waals surface area (Å²) in [6, 6.07) is 17.5. The van der Waals surface area contributed by atoms with Crippen LogP contribution in [0, 0.1) is 13.8 Å². The first kappa shape index (κ1) is 22.9. The highest BCUT2D eigenvalue weighted by Gasteiger charge is 2.27. The second-order valence-electron chi connectivity index (χ2n) is 8.77. The fourth-order valence-electron chi connectivity index (χ4n) is 4.44. The summed E-state index contributed by atoms with van der Waals surface area (Å²) in [7, 11) is 1.64. The number of carbonyl (C=O) groups is 1. The molecule has 1 saturated heterocycles. The average Bonchev–Trinajstić information content (AvgIpc) is 3.49. The van der Waals surface area contributed by atoms with E-state index in [1.54, 1.807) is 11.8 Å². The molecule has 0 N–H and O–H groups in total. The number of methoxy groups -OCH3 is 1. The standard InChI is InChI=1S/C27H29N5O3/c1-19-24(20(2)35-29-19)17-30-13-15-31(16-14-30)27(33)25-18-32(22-7-5-4-6-8-22)28-26(25)21-9-11-23(34-3)12-10-21/h4-12,18H,13-17H2,1-3H3. The molecular formula is C27H29N5O3. The van der Waals surface area contributed by atoms with Gasteiger partial charge in [-0.15, -0.1) is 0 Å². The fraction of sp³-hybridized carbons (Fsp3) is 0.296. The zero-order valence-corrected chi connectivity index (χ0v) is 20.3. The van der Waals surface area contributed by atoms with E-state index in [1.807, 2.05) is 79.5 Å².